The molecular formula is C17H27NO. The van der Waals surface area contributed by atoms with E-state index >= 15 is 0 Å². The van der Waals surface area contributed by atoms with Gasteiger partial charge in [0.15, 0.2) is 0 Å². The first-order valence-corrected chi connectivity index (χ1v) is 7.63. The Labute approximate surface area is 117 Å². The lowest BCUT2D eigenvalue weighted by atomic mass is 9.72. The highest BCUT2D eigenvalue weighted by molar-refractivity contribution is 5.28. The second kappa shape index (κ2) is 6.53. The topological polar surface area (TPSA) is 21.3 Å². The van der Waals surface area contributed by atoms with Crippen LogP contribution >= 0.6 is 0 Å². The summed E-state index contributed by atoms with van der Waals surface area (Å²) in [5.74, 6) is 0. The van der Waals surface area contributed by atoms with E-state index in [1.54, 1.807) is 0 Å². The van der Waals surface area contributed by atoms with Crippen LogP contribution in [0.5, 0.6) is 0 Å². The van der Waals surface area contributed by atoms with Gasteiger partial charge >= 0.3 is 0 Å². The quantitative estimate of drug-likeness (QED) is 0.804. The van der Waals surface area contributed by atoms with E-state index in [4.69, 9.17) is 4.74 Å². The van der Waals surface area contributed by atoms with Crippen LogP contribution < -0.4 is 5.32 Å². The van der Waals surface area contributed by atoms with E-state index in [-0.39, 0.29) is 5.60 Å². The molecule has 1 aliphatic rings. The predicted molar refractivity (Wildman–Crippen MR) is 80.4 cm³/mol. The van der Waals surface area contributed by atoms with Crippen molar-refractivity contribution in [2.45, 2.75) is 57.6 Å². The first kappa shape index (κ1) is 14.5. The number of aryl methyl sites for hydroxylation is 1. The number of hydrogen-bond donors (Lipinski definition) is 1. The molecule has 1 saturated carbocycles. The van der Waals surface area contributed by atoms with Crippen molar-refractivity contribution in [3.63, 3.8) is 0 Å². The number of methoxy groups -OCH3 is 1. The van der Waals surface area contributed by atoms with Crippen LogP contribution in [0.1, 0.15) is 56.7 Å². The second-order valence-corrected chi connectivity index (χ2v) is 5.60. The predicted octanol–water partition coefficient (Wildman–Crippen LogP) is 3.86. The maximum atomic E-state index is 5.86. The fourth-order valence-corrected chi connectivity index (χ4v) is 3.11. The van der Waals surface area contributed by atoms with Gasteiger partial charge in [0.25, 0.3) is 0 Å². The van der Waals surface area contributed by atoms with Gasteiger partial charge in [-0.2, -0.15) is 0 Å². The summed E-state index contributed by atoms with van der Waals surface area (Å²) in [7, 11) is 1.86. The van der Waals surface area contributed by atoms with Crippen molar-refractivity contribution in [3.8, 4) is 0 Å². The van der Waals surface area contributed by atoms with E-state index in [1.807, 2.05) is 7.11 Å². The van der Waals surface area contributed by atoms with E-state index in [0.29, 0.717) is 6.04 Å². The van der Waals surface area contributed by atoms with E-state index in [9.17, 15) is 0 Å². The van der Waals surface area contributed by atoms with Crippen molar-refractivity contribution in [2.24, 2.45) is 0 Å². The molecule has 0 aliphatic heterocycles. The molecule has 1 fully saturated rings. The molecule has 1 aromatic carbocycles. The summed E-state index contributed by atoms with van der Waals surface area (Å²) in [4.78, 5) is 0. The molecule has 2 nitrogen and oxygen atoms in total. The molecule has 1 unspecified atom stereocenters. The summed E-state index contributed by atoms with van der Waals surface area (Å²) >= 11 is 0. The molecule has 0 heterocycles. The van der Waals surface area contributed by atoms with E-state index in [2.05, 4.69) is 43.4 Å². The van der Waals surface area contributed by atoms with Gasteiger partial charge in [0.05, 0.1) is 11.6 Å². The molecule has 0 amide bonds. The molecule has 1 aliphatic carbocycles. The fraction of sp³-hybridized carbons (Fsp3) is 0.647. The molecule has 0 radical (unpaired) electrons. The summed E-state index contributed by atoms with van der Waals surface area (Å²) in [6.07, 6.45) is 5.99. The molecule has 0 aromatic heterocycles. The second-order valence-electron chi connectivity index (χ2n) is 5.60. The largest absolute Gasteiger partial charge is 0.376 e. The van der Waals surface area contributed by atoms with Crippen LogP contribution in [0, 0.1) is 0 Å². The summed E-state index contributed by atoms with van der Waals surface area (Å²) in [6.45, 7) is 5.37. The molecule has 1 atom stereocenters. The number of likely N-dealkylation sites (N-methyl/N-ethyl adjacent to an activating group) is 1. The zero-order valence-corrected chi connectivity index (χ0v) is 12.5. The highest BCUT2D eigenvalue weighted by atomic mass is 16.5. The van der Waals surface area contributed by atoms with Crippen molar-refractivity contribution in [1.82, 2.24) is 5.32 Å². The normalized spacial score (nSPS) is 18.9. The van der Waals surface area contributed by atoms with Gasteiger partial charge in [-0.1, -0.05) is 44.5 Å². The van der Waals surface area contributed by atoms with E-state index < -0.39 is 0 Å². The lowest BCUT2D eigenvalue weighted by Crippen LogP contribution is -2.50. The third kappa shape index (κ3) is 3.01. The van der Waals surface area contributed by atoms with Crippen molar-refractivity contribution in [3.05, 3.63) is 35.4 Å². The van der Waals surface area contributed by atoms with Crippen LogP contribution in [0.15, 0.2) is 24.3 Å². The van der Waals surface area contributed by atoms with E-state index in [1.165, 1.54) is 30.4 Å². The molecule has 0 spiro atoms. The van der Waals surface area contributed by atoms with Gasteiger partial charge in [-0.25, -0.2) is 0 Å². The molecule has 0 bridgehead atoms. The summed E-state index contributed by atoms with van der Waals surface area (Å²) < 4.78 is 5.86. The maximum absolute atomic E-state index is 5.86. The molecule has 0 saturated heterocycles. The maximum Gasteiger partial charge on any atom is 0.0872 e. The van der Waals surface area contributed by atoms with Gasteiger partial charge in [-0.3, -0.25) is 0 Å². The standard InChI is InChI=1S/C17H27NO/c1-4-7-14-8-10-15(11-9-14)16(18-5-2)17(19-3)12-6-13-17/h8-11,16,18H,4-7,12-13H2,1-3H3. The first-order chi connectivity index (χ1) is 9.25. The number of rotatable bonds is 7. The minimum Gasteiger partial charge on any atom is -0.376 e. The molecule has 19 heavy (non-hydrogen) atoms. The van der Waals surface area contributed by atoms with Crippen LogP contribution in [0.2, 0.25) is 0 Å². The zero-order chi connectivity index (χ0) is 13.7. The summed E-state index contributed by atoms with van der Waals surface area (Å²) in [6, 6.07) is 9.41. The average Bonchev–Trinajstić information content (AvgIpc) is 2.38. The number of hydrogen-bond acceptors (Lipinski definition) is 2. The monoisotopic (exact) mass is 261 g/mol. The van der Waals surface area contributed by atoms with Gasteiger partial charge in [0.2, 0.25) is 0 Å². The van der Waals surface area contributed by atoms with Gasteiger partial charge in [0, 0.05) is 7.11 Å². The third-order valence-electron chi connectivity index (χ3n) is 4.39. The first-order valence-electron chi connectivity index (χ1n) is 7.63. The van der Waals surface area contributed by atoms with Crippen molar-refractivity contribution >= 4 is 0 Å². The Hall–Kier alpha value is -0.860. The number of nitrogens with one attached hydrogen (secondary N) is 1. The minimum atomic E-state index is 0.0162. The van der Waals surface area contributed by atoms with Gasteiger partial charge < -0.3 is 10.1 Å². The highest BCUT2D eigenvalue weighted by Gasteiger charge is 2.44. The zero-order valence-electron chi connectivity index (χ0n) is 12.5. The van der Waals surface area contributed by atoms with Crippen LogP contribution in [0.4, 0.5) is 0 Å². The third-order valence-corrected chi connectivity index (χ3v) is 4.39. The average molecular weight is 261 g/mol. The lowest BCUT2D eigenvalue weighted by Gasteiger charge is -2.47. The molecule has 1 aromatic rings. The Bertz CT molecular complexity index is 375. The van der Waals surface area contributed by atoms with E-state index in [0.717, 1.165) is 19.4 Å². The van der Waals surface area contributed by atoms with Gasteiger partial charge in [0.1, 0.15) is 0 Å². The van der Waals surface area contributed by atoms with Gasteiger partial charge in [-0.05, 0) is 43.4 Å². The number of ether oxygens (including phenoxy) is 1. The number of benzene rings is 1. The Morgan fingerprint density at radius 2 is 1.89 bits per heavy atom. The summed E-state index contributed by atoms with van der Waals surface area (Å²) in [5, 5.41) is 3.62. The van der Waals surface area contributed by atoms with Crippen molar-refractivity contribution in [1.29, 1.82) is 0 Å². The molecule has 1 N–H and O–H groups in total. The Morgan fingerprint density at radius 3 is 2.32 bits per heavy atom. The van der Waals surface area contributed by atoms with Gasteiger partial charge in [-0.15, -0.1) is 0 Å². The Kier molecular flexibility index (Phi) is 5.00. The van der Waals surface area contributed by atoms with Crippen LogP contribution in [-0.4, -0.2) is 19.3 Å². The molecular weight excluding hydrogens is 234 g/mol. The van der Waals surface area contributed by atoms with Crippen LogP contribution in [-0.2, 0) is 11.2 Å². The summed E-state index contributed by atoms with van der Waals surface area (Å²) in [5.41, 5.74) is 2.81. The molecule has 106 valence electrons. The molecule has 2 heteroatoms. The smallest absolute Gasteiger partial charge is 0.0872 e. The Morgan fingerprint density at radius 1 is 1.21 bits per heavy atom. The fourth-order valence-electron chi connectivity index (χ4n) is 3.11. The van der Waals surface area contributed by atoms with Crippen LogP contribution in [0.25, 0.3) is 0 Å². The highest BCUT2D eigenvalue weighted by Crippen LogP contribution is 2.44. The lowest BCUT2D eigenvalue weighted by molar-refractivity contribution is -0.0995. The van der Waals surface area contributed by atoms with Crippen molar-refractivity contribution in [2.75, 3.05) is 13.7 Å². The molecule has 2 rings (SSSR count). The minimum absolute atomic E-state index is 0.0162. The van der Waals surface area contributed by atoms with Crippen molar-refractivity contribution < 1.29 is 4.74 Å². The Balaban J connectivity index is 2.18. The van der Waals surface area contributed by atoms with Crippen LogP contribution in [0.3, 0.4) is 0 Å². The SMILES string of the molecule is CCCc1ccc(C(NCC)C2(OC)CCC2)cc1.